The van der Waals surface area contributed by atoms with Gasteiger partial charge < -0.3 is 20.3 Å². The van der Waals surface area contributed by atoms with Crippen molar-refractivity contribution in [2.24, 2.45) is 5.73 Å². The summed E-state index contributed by atoms with van der Waals surface area (Å²) in [6.07, 6.45) is 2.91. The highest BCUT2D eigenvalue weighted by molar-refractivity contribution is 5.95. The fourth-order valence-electron chi connectivity index (χ4n) is 5.56. The third-order valence-electron chi connectivity index (χ3n) is 8.03. The molecule has 5 rings (SSSR count). The van der Waals surface area contributed by atoms with Crippen LogP contribution in [0, 0.1) is 0 Å². The van der Waals surface area contributed by atoms with Crippen LogP contribution in [0.5, 0.6) is 0 Å². The summed E-state index contributed by atoms with van der Waals surface area (Å²) in [6.45, 7) is 3.02. The van der Waals surface area contributed by atoms with Gasteiger partial charge in [-0.15, -0.1) is 0 Å². The molecular formula is C34H35N3O4. The number of rotatable bonds is 8. The standard InChI is InChI=1S/C34H35N3O4/c1-24(25-9-4-2-5-10-25)19-31(38)36-17-15-34(41,16-18-36)23-37-22-30(27-13-8-14-28(20-27)33(35)40)29(21-32(37)39)26-11-6-3-7-12-26/h2-14,20-22,24,41H,15-19,23H2,1H3,(H2,35,40). The van der Waals surface area contributed by atoms with Crippen LogP contribution >= 0.6 is 0 Å². The van der Waals surface area contributed by atoms with Crippen LogP contribution in [-0.2, 0) is 11.3 Å². The Balaban J connectivity index is 1.36. The van der Waals surface area contributed by atoms with Gasteiger partial charge in [0.15, 0.2) is 0 Å². The average molecular weight is 550 g/mol. The van der Waals surface area contributed by atoms with E-state index in [-0.39, 0.29) is 23.9 Å². The van der Waals surface area contributed by atoms with Crippen LogP contribution < -0.4 is 11.3 Å². The van der Waals surface area contributed by atoms with Gasteiger partial charge in [-0.25, -0.2) is 0 Å². The predicted octanol–water partition coefficient (Wildman–Crippen LogP) is 4.83. The van der Waals surface area contributed by atoms with Crippen molar-refractivity contribution in [3.63, 3.8) is 0 Å². The molecule has 41 heavy (non-hydrogen) atoms. The molecule has 1 aliphatic heterocycles. The van der Waals surface area contributed by atoms with Gasteiger partial charge in [0.1, 0.15) is 0 Å². The molecule has 1 aliphatic rings. The lowest BCUT2D eigenvalue weighted by Crippen LogP contribution is -2.49. The molecule has 1 saturated heterocycles. The maximum atomic E-state index is 13.3. The smallest absolute Gasteiger partial charge is 0.251 e. The van der Waals surface area contributed by atoms with Crippen molar-refractivity contribution in [1.82, 2.24) is 9.47 Å². The molecule has 4 aromatic rings. The second-order valence-corrected chi connectivity index (χ2v) is 11.0. The van der Waals surface area contributed by atoms with Crippen LogP contribution in [0.15, 0.2) is 102 Å². The number of primary amides is 1. The van der Waals surface area contributed by atoms with E-state index in [2.05, 4.69) is 6.92 Å². The minimum atomic E-state index is -1.13. The van der Waals surface area contributed by atoms with Gasteiger partial charge >= 0.3 is 0 Å². The van der Waals surface area contributed by atoms with Gasteiger partial charge in [0.2, 0.25) is 11.8 Å². The highest BCUT2D eigenvalue weighted by atomic mass is 16.3. The highest BCUT2D eigenvalue weighted by Crippen LogP contribution is 2.33. The Morgan fingerprint density at radius 3 is 2.17 bits per heavy atom. The van der Waals surface area contributed by atoms with Crippen molar-refractivity contribution in [3.8, 4) is 22.3 Å². The molecule has 2 heterocycles. The number of carbonyl (C=O) groups is 2. The zero-order chi connectivity index (χ0) is 29.0. The summed E-state index contributed by atoms with van der Waals surface area (Å²) in [4.78, 5) is 40.0. The number of amides is 2. The lowest BCUT2D eigenvalue weighted by molar-refractivity contribution is -0.136. The van der Waals surface area contributed by atoms with Gasteiger partial charge in [-0.3, -0.25) is 14.4 Å². The molecule has 1 atom stereocenters. The van der Waals surface area contributed by atoms with Crippen molar-refractivity contribution in [2.75, 3.05) is 13.1 Å². The first-order valence-corrected chi connectivity index (χ1v) is 14.0. The summed E-state index contributed by atoms with van der Waals surface area (Å²) in [5, 5.41) is 11.5. The molecule has 0 saturated carbocycles. The molecule has 2 amide bonds. The predicted molar refractivity (Wildman–Crippen MR) is 160 cm³/mol. The van der Waals surface area contributed by atoms with E-state index >= 15 is 0 Å². The number of benzene rings is 3. The first-order valence-electron chi connectivity index (χ1n) is 14.0. The van der Waals surface area contributed by atoms with E-state index in [1.54, 1.807) is 30.5 Å². The Morgan fingerprint density at radius 1 is 0.878 bits per heavy atom. The second-order valence-electron chi connectivity index (χ2n) is 11.0. The third kappa shape index (κ3) is 6.47. The van der Waals surface area contributed by atoms with Crippen molar-refractivity contribution in [2.45, 2.75) is 44.2 Å². The van der Waals surface area contributed by atoms with Crippen molar-refractivity contribution in [1.29, 1.82) is 0 Å². The molecule has 0 bridgehead atoms. The topological polar surface area (TPSA) is 106 Å². The van der Waals surface area contributed by atoms with E-state index in [4.69, 9.17) is 5.73 Å². The van der Waals surface area contributed by atoms with E-state index in [1.807, 2.05) is 71.6 Å². The van der Waals surface area contributed by atoms with E-state index in [0.717, 1.165) is 27.8 Å². The first-order chi connectivity index (χ1) is 19.7. The molecular weight excluding hydrogens is 514 g/mol. The second kappa shape index (κ2) is 11.9. The summed E-state index contributed by atoms with van der Waals surface area (Å²) in [7, 11) is 0. The van der Waals surface area contributed by atoms with Crippen molar-refractivity contribution in [3.05, 3.63) is 119 Å². The number of piperidine rings is 1. The maximum Gasteiger partial charge on any atom is 0.251 e. The summed E-state index contributed by atoms with van der Waals surface area (Å²) in [6, 6.07) is 28.2. The number of aliphatic hydroxyl groups is 1. The maximum absolute atomic E-state index is 13.3. The molecule has 0 radical (unpaired) electrons. The van der Waals surface area contributed by atoms with Gasteiger partial charge in [0.25, 0.3) is 5.56 Å². The minimum absolute atomic E-state index is 0.0735. The summed E-state index contributed by atoms with van der Waals surface area (Å²) >= 11 is 0. The monoisotopic (exact) mass is 549 g/mol. The Morgan fingerprint density at radius 2 is 1.51 bits per heavy atom. The average Bonchev–Trinajstić information content (AvgIpc) is 2.99. The normalized spacial score (nSPS) is 15.3. The molecule has 0 aliphatic carbocycles. The van der Waals surface area contributed by atoms with Crippen LogP contribution in [0.4, 0.5) is 0 Å². The van der Waals surface area contributed by atoms with Gasteiger partial charge in [-0.1, -0.05) is 79.7 Å². The van der Waals surface area contributed by atoms with E-state index < -0.39 is 11.5 Å². The number of pyridine rings is 1. The number of carbonyl (C=O) groups excluding carboxylic acids is 2. The number of hydrogen-bond donors (Lipinski definition) is 2. The largest absolute Gasteiger partial charge is 0.388 e. The summed E-state index contributed by atoms with van der Waals surface area (Å²) in [5.74, 6) is -0.350. The zero-order valence-electron chi connectivity index (χ0n) is 23.2. The quantitative estimate of drug-likeness (QED) is 0.328. The molecule has 3 N–H and O–H groups in total. The molecule has 1 aromatic heterocycles. The lowest BCUT2D eigenvalue weighted by Gasteiger charge is -2.39. The Hall–Kier alpha value is -4.49. The molecule has 7 heteroatoms. The molecule has 7 nitrogen and oxygen atoms in total. The lowest BCUT2D eigenvalue weighted by atomic mass is 9.89. The van der Waals surface area contributed by atoms with Crippen molar-refractivity contribution >= 4 is 11.8 Å². The van der Waals surface area contributed by atoms with Crippen LogP contribution in [0.25, 0.3) is 22.3 Å². The van der Waals surface area contributed by atoms with E-state index in [1.165, 1.54) is 4.57 Å². The van der Waals surface area contributed by atoms with Gasteiger partial charge in [0.05, 0.1) is 12.1 Å². The van der Waals surface area contributed by atoms with Crippen LogP contribution in [-0.4, -0.2) is 45.1 Å². The molecule has 3 aromatic carbocycles. The highest BCUT2D eigenvalue weighted by Gasteiger charge is 2.35. The zero-order valence-corrected chi connectivity index (χ0v) is 23.2. The van der Waals surface area contributed by atoms with Gasteiger partial charge in [-0.05, 0) is 53.1 Å². The summed E-state index contributed by atoms with van der Waals surface area (Å²) in [5.41, 5.74) is 8.77. The minimum Gasteiger partial charge on any atom is -0.388 e. The fourth-order valence-corrected chi connectivity index (χ4v) is 5.56. The van der Waals surface area contributed by atoms with E-state index in [0.29, 0.717) is 37.9 Å². The summed E-state index contributed by atoms with van der Waals surface area (Å²) < 4.78 is 1.54. The van der Waals surface area contributed by atoms with Crippen LogP contribution in [0.1, 0.15) is 48.0 Å². The van der Waals surface area contributed by atoms with Crippen molar-refractivity contribution < 1.29 is 14.7 Å². The molecule has 1 unspecified atom stereocenters. The number of nitrogens with two attached hydrogens (primary N) is 1. The Labute approximate surface area is 239 Å². The van der Waals surface area contributed by atoms with E-state index in [9.17, 15) is 19.5 Å². The van der Waals surface area contributed by atoms with Crippen LogP contribution in [0.3, 0.4) is 0 Å². The number of aromatic nitrogens is 1. The Bertz CT molecular complexity index is 1590. The molecule has 0 spiro atoms. The number of hydrogen-bond acceptors (Lipinski definition) is 4. The molecule has 210 valence electrons. The number of nitrogens with zero attached hydrogens (tertiary/aromatic N) is 2. The SMILES string of the molecule is CC(CC(=O)N1CCC(O)(Cn2cc(-c3cccc(C(N)=O)c3)c(-c3ccccc3)cc2=O)CC1)c1ccccc1. The molecule has 1 fully saturated rings. The Kier molecular flexibility index (Phi) is 8.17. The van der Waals surface area contributed by atoms with Gasteiger partial charge in [0, 0.05) is 42.9 Å². The fraction of sp³-hybridized carbons (Fsp3) is 0.265. The van der Waals surface area contributed by atoms with Gasteiger partial charge in [-0.2, -0.15) is 0 Å². The third-order valence-corrected chi connectivity index (χ3v) is 8.03. The first kappa shape index (κ1) is 28.1. The van der Waals surface area contributed by atoms with Crippen LogP contribution in [0.2, 0.25) is 0 Å². The number of likely N-dealkylation sites (tertiary alicyclic amines) is 1.